The lowest BCUT2D eigenvalue weighted by atomic mass is 9.92. The van der Waals surface area contributed by atoms with E-state index in [9.17, 15) is 9.59 Å². The summed E-state index contributed by atoms with van der Waals surface area (Å²) in [5, 5.41) is 7.22. The third-order valence-corrected chi connectivity index (χ3v) is 5.83. The minimum Gasteiger partial charge on any atom is -0.446 e. The van der Waals surface area contributed by atoms with Crippen molar-refractivity contribution in [2.24, 2.45) is 12.8 Å². The quantitative estimate of drug-likeness (QED) is 0.598. The second-order valence-electron chi connectivity index (χ2n) is 8.19. The molecule has 9 nitrogen and oxygen atoms in total. The van der Waals surface area contributed by atoms with E-state index in [0.29, 0.717) is 38.0 Å². The number of rotatable bonds is 6. The lowest BCUT2D eigenvalue weighted by Crippen LogP contribution is -2.48. The summed E-state index contributed by atoms with van der Waals surface area (Å²) in [6.45, 7) is 0.421. The van der Waals surface area contributed by atoms with Crippen molar-refractivity contribution in [2.45, 2.75) is 44.4 Å². The molecule has 1 aliphatic rings. The van der Waals surface area contributed by atoms with Gasteiger partial charge in [0.1, 0.15) is 11.9 Å². The molecule has 0 bridgehead atoms. The number of carbonyl (C=O) groups is 2. The van der Waals surface area contributed by atoms with E-state index < -0.39 is 6.09 Å². The molecule has 0 aliphatic heterocycles. The van der Waals surface area contributed by atoms with Gasteiger partial charge in [-0.05, 0) is 43.4 Å². The van der Waals surface area contributed by atoms with Gasteiger partial charge >= 0.3 is 12.1 Å². The molecule has 0 spiro atoms. The van der Waals surface area contributed by atoms with Gasteiger partial charge in [0.15, 0.2) is 0 Å². The van der Waals surface area contributed by atoms with E-state index in [4.69, 9.17) is 10.5 Å². The fourth-order valence-corrected chi connectivity index (χ4v) is 4.17. The van der Waals surface area contributed by atoms with Gasteiger partial charge in [-0.25, -0.2) is 14.6 Å². The van der Waals surface area contributed by atoms with E-state index in [0.717, 1.165) is 16.7 Å². The number of ether oxygens (including phenoxy) is 1. The molecule has 172 valence electrons. The molecule has 3 amide bonds. The minimum absolute atomic E-state index is 0.0646. The van der Waals surface area contributed by atoms with Crippen LogP contribution in [0.5, 0.6) is 0 Å². The van der Waals surface area contributed by atoms with E-state index in [-0.39, 0.29) is 18.2 Å². The predicted molar refractivity (Wildman–Crippen MR) is 124 cm³/mol. The number of urea groups is 1. The zero-order valence-corrected chi connectivity index (χ0v) is 18.6. The van der Waals surface area contributed by atoms with Crippen LogP contribution in [0.1, 0.15) is 31.2 Å². The molecule has 0 radical (unpaired) electrons. The molecular formula is C24H28N6O3. The topological polar surface area (TPSA) is 115 Å². The molecule has 0 saturated heterocycles. The summed E-state index contributed by atoms with van der Waals surface area (Å²) in [7, 11) is 1.86. The standard InChI is InChI=1S/C24H28N6O3/c1-29-16-19(15-28-29)18-7-12-22(26-14-18)30(20-8-10-21(11-9-20)33-23(25)31)24(32)27-13-17-5-3-2-4-6-17/h2-7,12,14-16,20-21H,8-11,13H2,1H3,(H2,25,31)(H,27,32)/t20-,21-. The van der Waals surface area contributed by atoms with Crippen molar-refractivity contribution in [3.63, 3.8) is 0 Å². The second kappa shape index (κ2) is 10.2. The van der Waals surface area contributed by atoms with Crippen molar-refractivity contribution in [3.8, 4) is 11.1 Å². The molecule has 0 atom stereocenters. The number of nitrogens with one attached hydrogen (secondary N) is 1. The Morgan fingerprint density at radius 1 is 1.09 bits per heavy atom. The zero-order valence-electron chi connectivity index (χ0n) is 18.6. The Morgan fingerprint density at radius 3 is 2.45 bits per heavy atom. The summed E-state index contributed by atoms with van der Waals surface area (Å²) in [4.78, 5) is 30.7. The number of primary amides is 1. The number of nitrogens with two attached hydrogens (primary N) is 1. The molecule has 3 N–H and O–H groups in total. The maximum atomic E-state index is 13.3. The Morgan fingerprint density at radius 2 is 1.85 bits per heavy atom. The van der Waals surface area contributed by atoms with E-state index in [1.54, 1.807) is 22.0 Å². The monoisotopic (exact) mass is 448 g/mol. The number of hydrogen-bond acceptors (Lipinski definition) is 5. The third kappa shape index (κ3) is 5.68. The lowest BCUT2D eigenvalue weighted by Gasteiger charge is -2.36. The summed E-state index contributed by atoms with van der Waals surface area (Å²) in [6.07, 6.45) is 7.13. The average Bonchev–Trinajstić information content (AvgIpc) is 3.26. The first-order valence-corrected chi connectivity index (χ1v) is 11.0. The van der Waals surface area contributed by atoms with Gasteiger partial charge < -0.3 is 15.8 Å². The molecule has 2 heterocycles. The first-order chi connectivity index (χ1) is 16.0. The molecule has 4 rings (SSSR count). The molecule has 0 unspecified atom stereocenters. The molecule has 1 saturated carbocycles. The SMILES string of the molecule is Cn1cc(-c2ccc(N(C(=O)NCc3ccccc3)[C@H]3CC[C@H](OC(N)=O)CC3)nc2)cn1. The van der Waals surface area contributed by atoms with Crippen LogP contribution in [0.3, 0.4) is 0 Å². The van der Waals surface area contributed by atoms with Crippen molar-refractivity contribution < 1.29 is 14.3 Å². The first kappa shape index (κ1) is 22.3. The number of nitrogens with zero attached hydrogens (tertiary/aromatic N) is 4. The summed E-state index contributed by atoms with van der Waals surface area (Å²) in [6, 6.07) is 13.3. The van der Waals surface area contributed by atoms with Crippen LogP contribution >= 0.6 is 0 Å². The number of hydrogen-bond donors (Lipinski definition) is 2. The molecule has 3 aromatic rings. The number of aromatic nitrogens is 3. The fourth-order valence-electron chi connectivity index (χ4n) is 4.17. The highest BCUT2D eigenvalue weighted by Gasteiger charge is 2.32. The predicted octanol–water partition coefficient (Wildman–Crippen LogP) is 3.60. The molecule has 2 aromatic heterocycles. The van der Waals surface area contributed by atoms with Crippen LogP contribution < -0.4 is 16.0 Å². The Labute approximate surface area is 192 Å². The first-order valence-electron chi connectivity index (χ1n) is 11.0. The van der Waals surface area contributed by atoms with Gasteiger partial charge in [-0.15, -0.1) is 0 Å². The fraction of sp³-hybridized carbons (Fsp3) is 0.333. The largest absolute Gasteiger partial charge is 0.446 e. The highest BCUT2D eigenvalue weighted by atomic mass is 16.6. The Balaban J connectivity index is 1.52. The lowest BCUT2D eigenvalue weighted by molar-refractivity contribution is 0.0786. The van der Waals surface area contributed by atoms with E-state index in [1.807, 2.05) is 55.7 Å². The summed E-state index contributed by atoms with van der Waals surface area (Å²) < 4.78 is 6.89. The highest BCUT2D eigenvalue weighted by Crippen LogP contribution is 2.29. The van der Waals surface area contributed by atoms with Gasteiger partial charge in [0.25, 0.3) is 0 Å². The number of carbonyl (C=O) groups excluding carboxylic acids is 2. The number of anilines is 1. The van der Waals surface area contributed by atoms with Gasteiger partial charge in [-0.3, -0.25) is 9.58 Å². The van der Waals surface area contributed by atoms with Crippen LogP contribution in [0.2, 0.25) is 0 Å². The third-order valence-electron chi connectivity index (χ3n) is 5.83. The Kier molecular flexibility index (Phi) is 6.87. The summed E-state index contributed by atoms with van der Waals surface area (Å²) in [5.74, 6) is 0.576. The van der Waals surface area contributed by atoms with E-state index in [1.165, 1.54) is 0 Å². The van der Waals surface area contributed by atoms with Crippen molar-refractivity contribution >= 4 is 17.9 Å². The number of aryl methyl sites for hydroxylation is 1. The van der Waals surface area contributed by atoms with Crippen LogP contribution in [0.25, 0.3) is 11.1 Å². The van der Waals surface area contributed by atoms with E-state index in [2.05, 4.69) is 15.4 Å². The van der Waals surface area contributed by atoms with Gasteiger partial charge in [0, 0.05) is 43.2 Å². The minimum atomic E-state index is -0.761. The molecule has 33 heavy (non-hydrogen) atoms. The maximum Gasteiger partial charge on any atom is 0.404 e. The van der Waals surface area contributed by atoms with Crippen molar-refractivity contribution in [3.05, 3.63) is 66.6 Å². The number of amides is 3. The second-order valence-corrected chi connectivity index (χ2v) is 8.19. The Hall–Kier alpha value is -3.88. The van der Waals surface area contributed by atoms with Crippen molar-refractivity contribution in [1.29, 1.82) is 0 Å². The zero-order chi connectivity index (χ0) is 23.2. The van der Waals surface area contributed by atoms with Gasteiger partial charge in [0.05, 0.1) is 6.20 Å². The molecular weight excluding hydrogens is 420 g/mol. The van der Waals surface area contributed by atoms with Crippen molar-refractivity contribution in [2.75, 3.05) is 4.90 Å². The van der Waals surface area contributed by atoms with Crippen LogP contribution in [0.4, 0.5) is 15.4 Å². The van der Waals surface area contributed by atoms with Crippen LogP contribution in [0.15, 0.2) is 61.1 Å². The molecule has 9 heteroatoms. The maximum absolute atomic E-state index is 13.3. The van der Waals surface area contributed by atoms with E-state index >= 15 is 0 Å². The van der Waals surface area contributed by atoms with Gasteiger partial charge in [0.2, 0.25) is 0 Å². The molecule has 1 aliphatic carbocycles. The highest BCUT2D eigenvalue weighted by molar-refractivity contribution is 5.91. The van der Waals surface area contributed by atoms with Gasteiger partial charge in [-0.2, -0.15) is 5.10 Å². The van der Waals surface area contributed by atoms with Crippen LogP contribution in [0, 0.1) is 0 Å². The van der Waals surface area contributed by atoms with Crippen molar-refractivity contribution in [1.82, 2.24) is 20.1 Å². The van der Waals surface area contributed by atoms with Gasteiger partial charge in [-0.1, -0.05) is 30.3 Å². The smallest absolute Gasteiger partial charge is 0.404 e. The average molecular weight is 449 g/mol. The molecule has 1 aromatic carbocycles. The Bertz CT molecular complexity index is 1080. The van der Waals surface area contributed by atoms with Crippen LogP contribution in [-0.4, -0.2) is 39.0 Å². The number of pyridine rings is 1. The van der Waals surface area contributed by atoms with Crippen LogP contribution in [-0.2, 0) is 18.3 Å². The number of benzene rings is 1. The summed E-state index contributed by atoms with van der Waals surface area (Å²) in [5.41, 5.74) is 8.07. The molecule has 1 fully saturated rings. The normalized spacial score (nSPS) is 17.8. The summed E-state index contributed by atoms with van der Waals surface area (Å²) >= 11 is 0.